The van der Waals surface area contributed by atoms with Gasteiger partial charge in [-0.3, -0.25) is 0 Å². The molecule has 1 saturated heterocycles. The van der Waals surface area contributed by atoms with E-state index in [1.807, 2.05) is 42.1 Å². The van der Waals surface area contributed by atoms with E-state index in [2.05, 4.69) is 0 Å². The second-order valence-electron chi connectivity index (χ2n) is 3.55. The molecular weight excluding hydrogens is 180 g/mol. The van der Waals surface area contributed by atoms with Crippen molar-refractivity contribution in [1.29, 1.82) is 0 Å². The summed E-state index contributed by atoms with van der Waals surface area (Å²) in [6.45, 7) is 0. The number of hydrogen-bond acceptors (Lipinski definition) is 2. The van der Waals surface area contributed by atoms with E-state index in [4.69, 9.17) is 0 Å². The molecule has 1 unspecified atom stereocenters. The molecule has 1 heterocycles. The monoisotopic (exact) mass is 194 g/mol. The lowest BCUT2D eigenvalue weighted by atomic mass is 9.91. The molecule has 1 aromatic carbocycles. The molecule has 1 aliphatic heterocycles. The van der Waals surface area contributed by atoms with E-state index in [0.29, 0.717) is 0 Å². The van der Waals surface area contributed by atoms with E-state index in [1.54, 1.807) is 0 Å². The normalized spacial score (nSPS) is 28.7. The van der Waals surface area contributed by atoms with Crippen LogP contribution in [0.3, 0.4) is 0 Å². The first-order valence-corrected chi connectivity index (χ1v) is 5.82. The highest BCUT2D eigenvalue weighted by molar-refractivity contribution is 7.99. The lowest BCUT2D eigenvalue weighted by molar-refractivity contribution is 0.0495. The highest BCUT2D eigenvalue weighted by Gasteiger charge is 2.30. The van der Waals surface area contributed by atoms with Gasteiger partial charge in [0.15, 0.2) is 0 Å². The summed E-state index contributed by atoms with van der Waals surface area (Å²) in [6, 6.07) is 10.0. The minimum Gasteiger partial charge on any atom is -0.384 e. The Kier molecular flexibility index (Phi) is 2.61. The molecule has 0 aliphatic carbocycles. The van der Waals surface area contributed by atoms with Crippen LogP contribution in [0.2, 0.25) is 0 Å². The van der Waals surface area contributed by atoms with Crippen LogP contribution in [-0.2, 0) is 5.60 Å². The zero-order valence-electron chi connectivity index (χ0n) is 7.57. The van der Waals surface area contributed by atoms with Crippen molar-refractivity contribution in [3.8, 4) is 0 Å². The van der Waals surface area contributed by atoms with Crippen molar-refractivity contribution in [1.82, 2.24) is 0 Å². The molecule has 1 atom stereocenters. The molecule has 0 bridgehead atoms. The fraction of sp³-hybridized carbons (Fsp3) is 0.455. The SMILES string of the molecule is OC1(c2ccccc2)CCCSC1. The lowest BCUT2D eigenvalue weighted by Crippen LogP contribution is -2.31. The Bertz CT molecular complexity index is 265. The number of benzene rings is 1. The largest absolute Gasteiger partial charge is 0.384 e. The Labute approximate surface area is 83.2 Å². The smallest absolute Gasteiger partial charge is 0.0986 e. The quantitative estimate of drug-likeness (QED) is 0.741. The van der Waals surface area contributed by atoms with Crippen LogP contribution in [0.25, 0.3) is 0 Å². The topological polar surface area (TPSA) is 20.2 Å². The highest BCUT2D eigenvalue weighted by Crippen LogP contribution is 2.34. The summed E-state index contributed by atoms with van der Waals surface area (Å²) in [4.78, 5) is 0. The fourth-order valence-electron chi connectivity index (χ4n) is 1.76. The van der Waals surface area contributed by atoms with Crippen molar-refractivity contribution in [2.24, 2.45) is 0 Å². The van der Waals surface area contributed by atoms with Gasteiger partial charge < -0.3 is 5.11 Å². The van der Waals surface area contributed by atoms with Crippen LogP contribution < -0.4 is 0 Å². The fourth-order valence-corrected chi connectivity index (χ4v) is 2.90. The van der Waals surface area contributed by atoms with Crippen molar-refractivity contribution in [2.75, 3.05) is 11.5 Å². The van der Waals surface area contributed by atoms with Gasteiger partial charge >= 0.3 is 0 Å². The standard InChI is InChI=1S/C11H14OS/c12-11(7-4-8-13-9-11)10-5-2-1-3-6-10/h1-3,5-6,12H,4,7-9H2. The summed E-state index contributed by atoms with van der Waals surface area (Å²) >= 11 is 1.85. The molecule has 1 nitrogen and oxygen atoms in total. The average molecular weight is 194 g/mol. The van der Waals surface area contributed by atoms with Gasteiger partial charge in [0.2, 0.25) is 0 Å². The molecule has 13 heavy (non-hydrogen) atoms. The maximum atomic E-state index is 10.3. The maximum absolute atomic E-state index is 10.3. The van der Waals surface area contributed by atoms with Gasteiger partial charge in [-0.25, -0.2) is 0 Å². The summed E-state index contributed by atoms with van der Waals surface area (Å²) in [5, 5.41) is 10.3. The molecule has 1 N–H and O–H groups in total. The van der Waals surface area contributed by atoms with E-state index < -0.39 is 5.60 Å². The maximum Gasteiger partial charge on any atom is 0.0986 e. The van der Waals surface area contributed by atoms with Crippen molar-refractivity contribution in [3.05, 3.63) is 35.9 Å². The second kappa shape index (κ2) is 3.72. The molecular formula is C11H14OS. The minimum absolute atomic E-state index is 0.565. The van der Waals surface area contributed by atoms with E-state index in [1.165, 1.54) is 5.75 Å². The Morgan fingerprint density at radius 1 is 1.23 bits per heavy atom. The molecule has 1 aliphatic rings. The molecule has 1 aromatic rings. The summed E-state index contributed by atoms with van der Waals surface area (Å²) in [7, 11) is 0. The van der Waals surface area contributed by atoms with Gasteiger partial charge in [0, 0.05) is 5.75 Å². The van der Waals surface area contributed by atoms with Gasteiger partial charge in [0.1, 0.15) is 0 Å². The van der Waals surface area contributed by atoms with Crippen molar-refractivity contribution in [2.45, 2.75) is 18.4 Å². The molecule has 0 amide bonds. The predicted molar refractivity (Wildman–Crippen MR) is 56.9 cm³/mol. The van der Waals surface area contributed by atoms with E-state index in [9.17, 15) is 5.11 Å². The highest BCUT2D eigenvalue weighted by atomic mass is 32.2. The molecule has 2 rings (SSSR count). The van der Waals surface area contributed by atoms with Crippen LogP contribution in [0, 0.1) is 0 Å². The van der Waals surface area contributed by atoms with Gasteiger partial charge in [0.25, 0.3) is 0 Å². The average Bonchev–Trinajstić information content (AvgIpc) is 2.20. The van der Waals surface area contributed by atoms with Crippen LogP contribution >= 0.6 is 11.8 Å². The number of thioether (sulfide) groups is 1. The van der Waals surface area contributed by atoms with E-state index in [-0.39, 0.29) is 0 Å². The van der Waals surface area contributed by atoms with Gasteiger partial charge in [0.05, 0.1) is 5.60 Å². The number of aliphatic hydroxyl groups is 1. The van der Waals surface area contributed by atoms with Crippen LogP contribution in [0.4, 0.5) is 0 Å². The van der Waals surface area contributed by atoms with E-state index >= 15 is 0 Å². The van der Waals surface area contributed by atoms with Gasteiger partial charge in [-0.15, -0.1) is 0 Å². The van der Waals surface area contributed by atoms with Gasteiger partial charge in [-0.2, -0.15) is 11.8 Å². The lowest BCUT2D eigenvalue weighted by Gasteiger charge is -2.32. The van der Waals surface area contributed by atoms with Crippen LogP contribution in [-0.4, -0.2) is 16.6 Å². The first-order chi connectivity index (χ1) is 6.31. The third-order valence-electron chi connectivity index (χ3n) is 2.53. The Morgan fingerprint density at radius 2 is 2.00 bits per heavy atom. The Balaban J connectivity index is 2.23. The second-order valence-corrected chi connectivity index (χ2v) is 4.66. The molecule has 0 aromatic heterocycles. The summed E-state index contributed by atoms with van der Waals surface area (Å²) < 4.78 is 0. The van der Waals surface area contributed by atoms with Gasteiger partial charge in [-0.1, -0.05) is 30.3 Å². The Hall–Kier alpha value is -0.470. The summed E-state index contributed by atoms with van der Waals surface area (Å²) in [5.41, 5.74) is 0.506. The molecule has 2 heteroatoms. The van der Waals surface area contributed by atoms with Crippen molar-refractivity contribution < 1.29 is 5.11 Å². The number of hydrogen-bond donors (Lipinski definition) is 1. The summed E-state index contributed by atoms with van der Waals surface area (Å²) in [5.74, 6) is 2.03. The molecule has 1 fully saturated rings. The molecule has 0 radical (unpaired) electrons. The first-order valence-electron chi connectivity index (χ1n) is 4.67. The molecule has 70 valence electrons. The van der Waals surface area contributed by atoms with Crippen LogP contribution in [0.1, 0.15) is 18.4 Å². The zero-order valence-corrected chi connectivity index (χ0v) is 8.39. The third kappa shape index (κ3) is 1.89. The van der Waals surface area contributed by atoms with Crippen molar-refractivity contribution in [3.63, 3.8) is 0 Å². The van der Waals surface area contributed by atoms with E-state index in [0.717, 1.165) is 24.2 Å². The predicted octanol–water partition coefficient (Wildman–Crippen LogP) is 2.40. The summed E-state index contributed by atoms with van der Waals surface area (Å²) in [6.07, 6.45) is 2.03. The Morgan fingerprint density at radius 3 is 2.62 bits per heavy atom. The van der Waals surface area contributed by atoms with Crippen molar-refractivity contribution >= 4 is 11.8 Å². The molecule has 0 spiro atoms. The van der Waals surface area contributed by atoms with Crippen LogP contribution in [0.15, 0.2) is 30.3 Å². The zero-order chi connectivity index (χ0) is 9.15. The first kappa shape index (κ1) is 9.10. The minimum atomic E-state index is -0.565. The number of rotatable bonds is 1. The molecule has 0 saturated carbocycles. The van der Waals surface area contributed by atoms with Crippen LogP contribution in [0.5, 0.6) is 0 Å². The third-order valence-corrected chi connectivity index (χ3v) is 3.79. The van der Waals surface area contributed by atoms with Gasteiger partial charge in [-0.05, 0) is 24.2 Å².